The van der Waals surface area contributed by atoms with Crippen molar-refractivity contribution in [2.24, 2.45) is 0 Å². The van der Waals surface area contributed by atoms with Gasteiger partial charge in [0.15, 0.2) is 0 Å². The number of allylic oxidation sites excluding steroid dienone is 2. The maximum atomic E-state index is 2.46. The molecule has 4 aromatic rings. The summed E-state index contributed by atoms with van der Waals surface area (Å²) in [4.78, 5) is 0. The van der Waals surface area contributed by atoms with Crippen molar-refractivity contribution >= 4 is 26.5 Å². The minimum absolute atomic E-state index is 0. The van der Waals surface area contributed by atoms with E-state index in [9.17, 15) is 0 Å². The molecule has 0 aliphatic rings. The smallest absolute Gasteiger partial charge is 0.214 e. The quantitative estimate of drug-likeness (QED) is 0.140. The van der Waals surface area contributed by atoms with Crippen LogP contribution < -0.4 is 10.4 Å². The zero-order chi connectivity index (χ0) is 21.7. The average molecular weight is 540 g/mol. The molecule has 0 fully saturated rings. The second-order valence-corrected chi connectivity index (χ2v) is 18.4. The fraction of sp³-hybridized carbons (Fsp3) is 0.214. The Bertz CT molecular complexity index is 772. The maximum absolute atomic E-state index is 2.46. The zero-order valence-corrected chi connectivity index (χ0v) is 23.9. The molecule has 0 spiro atoms. The Morgan fingerprint density at radius 3 is 1.03 bits per heavy atom. The van der Waals surface area contributed by atoms with Crippen LogP contribution in [-0.2, 0) is 34.1 Å². The maximum Gasteiger partial charge on any atom is 2.00 e. The van der Waals surface area contributed by atoms with Gasteiger partial charge in [0, 0.05) is 16.1 Å². The normalized spacial score (nSPS) is 10.8. The Morgan fingerprint density at radius 2 is 0.812 bits per heavy atom. The molecule has 0 bridgehead atoms. The van der Waals surface area contributed by atoms with Crippen molar-refractivity contribution in [1.29, 1.82) is 0 Å². The van der Waals surface area contributed by atoms with Gasteiger partial charge in [-0.05, 0) is 12.1 Å². The Labute approximate surface area is 219 Å². The van der Waals surface area contributed by atoms with Gasteiger partial charge in [0.25, 0.3) is 0 Å². The molecular formula is C28H36Fe2Si2. The molecule has 0 aromatic heterocycles. The fourth-order valence-electron chi connectivity index (χ4n) is 3.28. The molecule has 172 valence electrons. The van der Waals surface area contributed by atoms with Gasteiger partial charge in [-0.15, -0.1) is 0 Å². The first-order valence-electron chi connectivity index (χ1n) is 10.8. The van der Waals surface area contributed by atoms with Gasteiger partial charge in [0.05, 0.1) is 0 Å². The first kappa shape index (κ1) is 30.6. The van der Waals surface area contributed by atoms with Gasteiger partial charge in [-0.3, -0.25) is 0 Å². The molecule has 0 radical (unpaired) electrons. The molecule has 0 unspecified atom stereocenters. The van der Waals surface area contributed by atoms with E-state index in [1.165, 1.54) is 12.1 Å². The van der Waals surface area contributed by atoms with E-state index in [0.29, 0.717) is 0 Å². The Kier molecular flexibility index (Phi) is 15.6. The third-order valence-corrected chi connectivity index (χ3v) is 11.7. The van der Waals surface area contributed by atoms with Gasteiger partial charge >= 0.3 is 34.1 Å². The van der Waals surface area contributed by atoms with Crippen LogP contribution in [0.25, 0.3) is 0 Å². The predicted molar refractivity (Wildman–Crippen MR) is 141 cm³/mol. The second kappa shape index (κ2) is 16.3. The van der Waals surface area contributed by atoms with Crippen LogP contribution in [0, 0.1) is 0 Å². The molecule has 4 aromatic carbocycles. The number of rotatable bonds is 6. The first-order valence-corrected chi connectivity index (χ1v) is 17.3. The predicted octanol–water partition coefficient (Wildman–Crippen LogP) is 7.02. The molecule has 4 heteroatoms. The van der Waals surface area contributed by atoms with Crippen molar-refractivity contribution < 1.29 is 34.1 Å². The van der Waals surface area contributed by atoms with E-state index in [-0.39, 0.29) is 34.1 Å². The average Bonchev–Trinajstić information content (AvgIpc) is 3.57. The van der Waals surface area contributed by atoms with Gasteiger partial charge in [0.1, 0.15) is 0 Å². The van der Waals surface area contributed by atoms with Crippen molar-refractivity contribution in [3.05, 3.63) is 121 Å². The molecule has 0 amide bonds. The SMILES string of the molecule is C[Si](C)(CC=CC[Si](C)(C)[c-]1cccc1)[c-]1cccc1.[Fe+2].[Fe+2].c1cc[cH-]c1.c1cc[cH-]c1. The Hall–Kier alpha value is -1.39. The van der Waals surface area contributed by atoms with Crippen LogP contribution >= 0.6 is 0 Å². The summed E-state index contributed by atoms with van der Waals surface area (Å²) in [6.07, 6.45) is 4.88. The molecule has 0 aliphatic heterocycles. The van der Waals surface area contributed by atoms with Crippen LogP contribution in [0.15, 0.2) is 121 Å². The first-order chi connectivity index (χ1) is 14.4. The van der Waals surface area contributed by atoms with Crippen molar-refractivity contribution in [1.82, 2.24) is 0 Å². The zero-order valence-electron chi connectivity index (χ0n) is 19.7. The van der Waals surface area contributed by atoms with Gasteiger partial charge in [0.2, 0.25) is 0 Å². The van der Waals surface area contributed by atoms with Crippen LogP contribution in [0.4, 0.5) is 0 Å². The van der Waals surface area contributed by atoms with Gasteiger partial charge in [-0.25, -0.2) is 48.5 Å². The summed E-state index contributed by atoms with van der Waals surface area (Å²) in [5.74, 6) is 0. The minimum Gasteiger partial charge on any atom is -0.214 e. The van der Waals surface area contributed by atoms with E-state index < -0.39 is 16.1 Å². The van der Waals surface area contributed by atoms with Gasteiger partial charge < -0.3 is 0 Å². The van der Waals surface area contributed by atoms with E-state index in [1.54, 1.807) is 10.4 Å². The molecule has 4 rings (SSSR count). The van der Waals surface area contributed by atoms with Gasteiger partial charge in [-0.2, -0.15) is 71.0 Å². The molecule has 0 atom stereocenters. The van der Waals surface area contributed by atoms with Gasteiger partial charge in [-0.1, -0.05) is 38.3 Å². The molecule has 0 saturated carbocycles. The number of hydrogen-bond acceptors (Lipinski definition) is 0. The van der Waals surface area contributed by atoms with E-state index in [0.717, 1.165) is 0 Å². The van der Waals surface area contributed by atoms with E-state index in [4.69, 9.17) is 0 Å². The van der Waals surface area contributed by atoms with Crippen LogP contribution in [0.1, 0.15) is 0 Å². The summed E-state index contributed by atoms with van der Waals surface area (Å²) in [7, 11) is -2.52. The summed E-state index contributed by atoms with van der Waals surface area (Å²) < 4.78 is 0. The van der Waals surface area contributed by atoms with Crippen LogP contribution in [0.5, 0.6) is 0 Å². The van der Waals surface area contributed by atoms with Crippen molar-refractivity contribution in [3.63, 3.8) is 0 Å². The summed E-state index contributed by atoms with van der Waals surface area (Å²) in [5, 5.41) is 3.16. The topological polar surface area (TPSA) is 0 Å². The monoisotopic (exact) mass is 540 g/mol. The molecule has 0 N–H and O–H groups in total. The Morgan fingerprint density at radius 1 is 0.531 bits per heavy atom. The van der Waals surface area contributed by atoms with E-state index in [2.05, 4.69) is 86.9 Å². The molecule has 0 aliphatic carbocycles. The molecular weight excluding hydrogens is 504 g/mol. The van der Waals surface area contributed by atoms with Crippen molar-refractivity contribution in [2.45, 2.75) is 38.3 Å². The third-order valence-electron chi connectivity index (χ3n) is 5.42. The molecule has 0 saturated heterocycles. The summed E-state index contributed by atoms with van der Waals surface area (Å²) >= 11 is 0. The van der Waals surface area contributed by atoms with E-state index >= 15 is 0 Å². The standard InChI is InChI=1S/C18H26Si2.2C5H5.2Fe/c1-19(2,17-11-5-6-12-17)15-9-10-16-20(3,4)18-13-7-8-14-18;2*1-2-4-5-3-1;;/h5-14H,15-16H2,1-4H3;2*1-5H;;/q-2;2*-1;2*+2. The van der Waals surface area contributed by atoms with Crippen LogP contribution in [-0.4, -0.2) is 16.1 Å². The van der Waals surface area contributed by atoms with Crippen LogP contribution in [0.2, 0.25) is 38.3 Å². The summed E-state index contributed by atoms with van der Waals surface area (Å²) in [6, 6.07) is 40.3. The van der Waals surface area contributed by atoms with Crippen LogP contribution in [0.3, 0.4) is 0 Å². The van der Waals surface area contributed by atoms with Crippen molar-refractivity contribution in [2.75, 3.05) is 0 Å². The third kappa shape index (κ3) is 11.5. The largest absolute Gasteiger partial charge is 2.00 e. The number of hydrogen-bond donors (Lipinski definition) is 0. The summed E-state index contributed by atoms with van der Waals surface area (Å²) in [6.45, 7) is 9.86. The molecule has 32 heavy (non-hydrogen) atoms. The minimum atomic E-state index is -1.26. The fourth-order valence-corrected chi connectivity index (χ4v) is 7.46. The summed E-state index contributed by atoms with van der Waals surface area (Å²) in [5.41, 5.74) is 0. The molecule has 0 heterocycles. The van der Waals surface area contributed by atoms with E-state index in [1.807, 2.05) is 60.7 Å². The van der Waals surface area contributed by atoms with Crippen molar-refractivity contribution in [3.8, 4) is 0 Å². The molecule has 0 nitrogen and oxygen atoms in total. The Balaban J connectivity index is 0.000000657. The second-order valence-electron chi connectivity index (χ2n) is 8.92.